The number of nitrogens with zero attached hydrogens (tertiary/aromatic N) is 1. The number of nitriles is 1. The van der Waals surface area contributed by atoms with Crippen LogP contribution in [0.1, 0.15) is 21.5 Å². The Kier molecular flexibility index (Phi) is 4.81. The van der Waals surface area contributed by atoms with Crippen molar-refractivity contribution in [2.45, 2.75) is 13.0 Å². The van der Waals surface area contributed by atoms with Gasteiger partial charge >= 0.3 is 0 Å². The lowest BCUT2D eigenvalue weighted by Crippen LogP contribution is -2.11. The Morgan fingerprint density at radius 3 is 2.52 bits per heavy atom. The lowest BCUT2D eigenvalue weighted by Gasteiger charge is -2.09. The van der Waals surface area contributed by atoms with Crippen molar-refractivity contribution in [3.8, 4) is 6.07 Å². The second-order valence-corrected chi connectivity index (χ2v) is 4.96. The molecule has 0 aliphatic heterocycles. The maximum absolute atomic E-state index is 11.1. The third-order valence-electron chi connectivity index (χ3n) is 3.06. The van der Waals surface area contributed by atoms with Crippen molar-refractivity contribution in [1.82, 2.24) is 0 Å². The van der Waals surface area contributed by atoms with Gasteiger partial charge in [0.05, 0.1) is 12.5 Å². The van der Waals surface area contributed by atoms with Crippen LogP contribution >= 0.6 is 11.6 Å². The number of primary amides is 1. The van der Waals surface area contributed by atoms with Crippen molar-refractivity contribution >= 4 is 23.2 Å². The standard InChI is InChI=1S/C16H14ClN3O/c17-15-9-12(16(19)21)3-4-13(15)10-20-14-5-1-11(2-6-14)7-8-18/h1-6,9,20H,7,10H2,(H2,19,21). The lowest BCUT2D eigenvalue weighted by atomic mass is 10.1. The molecule has 5 heteroatoms. The zero-order valence-corrected chi connectivity index (χ0v) is 12.0. The topological polar surface area (TPSA) is 78.9 Å². The molecule has 0 saturated heterocycles. The van der Waals surface area contributed by atoms with Gasteiger partial charge in [-0.15, -0.1) is 0 Å². The fraction of sp³-hybridized carbons (Fsp3) is 0.125. The van der Waals surface area contributed by atoms with E-state index in [1.54, 1.807) is 18.2 Å². The molecule has 0 heterocycles. The summed E-state index contributed by atoms with van der Waals surface area (Å²) in [6, 6.07) is 14.7. The fourth-order valence-electron chi connectivity index (χ4n) is 1.87. The van der Waals surface area contributed by atoms with Crippen molar-refractivity contribution < 1.29 is 4.79 Å². The molecule has 106 valence electrons. The minimum absolute atomic E-state index is 0.393. The lowest BCUT2D eigenvalue weighted by molar-refractivity contribution is 0.100. The number of anilines is 1. The molecule has 0 bridgehead atoms. The first-order valence-corrected chi connectivity index (χ1v) is 6.76. The zero-order valence-electron chi connectivity index (χ0n) is 11.3. The SMILES string of the molecule is N#CCc1ccc(NCc2ccc(C(N)=O)cc2Cl)cc1. The Labute approximate surface area is 128 Å². The van der Waals surface area contributed by atoms with E-state index in [1.807, 2.05) is 24.3 Å². The fourth-order valence-corrected chi connectivity index (χ4v) is 2.12. The molecule has 1 amide bonds. The minimum Gasteiger partial charge on any atom is -0.381 e. The number of amides is 1. The first-order valence-electron chi connectivity index (χ1n) is 6.38. The molecule has 2 aromatic carbocycles. The van der Waals surface area contributed by atoms with Crippen LogP contribution in [0.2, 0.25) is 5.02 Å². The average molecular weight is 300 g/mol. The van der Waals surface area contributed by atoms with Gasteiger partial charge in [-0.3, -0.25) is 4.79 Å². The highest BCUT2D eigenvalue weighted by Crippen LogP contribution is 2.19. The second kappa shape index (κ2) is 6.78. The molecule has 0 aromatic heterocycles. The van der Waals surface area contributed by atoms with Crippen LogP contribution in [0.15, 0.2) is 42.5 Å². The van der Waals surface area contributed by atoms with Gasteiger partial charge in [-0.25, -0.2) is 0 Å². The summed E-state index contributed by atoms with van der Waals surface area (Å²) in [5.74, 6) is -0.496. The summed E-state index contributed by atoms with van der Waals surface area (Å²) in [6.45, 7) is 0.537. The molecule has 0 aliphatic rings. The normalized spacial score (nSPS) is 9.90. The van der Waals surface area contributed by atoms with E-state index in [2.05, 4.69) is 11.4 Å². The maximum Gasteiger partial charge on any atom is 0.248 e. The molecule has 4 nitrogen and oxygen atoms in total. The van der Waals surface area contributed by atoms with E-state index in [4.69, 9.17) is 22.6 Å². The Hall–Kier alpha value is -2.51. The van der Waals surface area contributed by atoms with Crippen LogP contribution < -0.4 is 11.1 Å². The number of benzene rings is 2. The monoisotopic (exact) mass is 299 g/mol. The van der Waals surface area contributed by atoms with E-state index >= 15 is 0 Å². The number of nitrogens with two attached hydrogens (primary N) is 1. The Bertz CT molecular complexity index is 690. The van der Waals surface area contributed by atoms with Crippen LogP contribution in [-0.4, -0.2) is 5.91 Å². The summed E-state index contributed by atoms with van der Waals surface area (Å²) in [7, 11) is 0. The summed E-state index contributed by atoms with van der Waals surface area (Å²) >= 11 is 6.12. The van der Waals surface area contributed by atoms with Crippen LogP contribution in [0.3, 0.4) is 0 Å². The third kappa shape index (κ3) is 3.98. The van der Waals surface area contributed by atoms with Crippen molar-refractivity contribution in [3.05, 3.63) is 64.2 Å². The molecule has 0 saturated carbocycles. The molecule has 21 heavy (non-hydrogen) atoms. The van der Waals surface area contributed by atoms with Crippen LogP contribution in [0.25, 0.3) is 0 Å². The van der Waals surface area contributed by atoms with Crippen LogP contribution in [0, 0.1) is 11.3 Å². The number of nitrogens with one attached hydrogen (secondary N) is 1. The van der Waals surface area contributed by atoms with E-state index < -0.39 is 5.91 Å². The van der Waals surface area contributed by atoms with Crippen LogP contribution in [-0.2, 0) is 13.0 Å². The van der Waals surface area contributed by atoms with Gasteiger partial charge in [-0.05, 0) is 35.4 Å². The molecule has 0 spiro atoms. The molecule has 0 unspecified atom stereocenters. The van der Waals surface area contributed by atoms with E-state index in [0.717, 1.165) is 16.8 Å². The molecular formula is C16H14ClN3O. The van der Waals surface area contributed by atoms with Gasteiger partial charge in [-0.2, -0.15) is 5.26 Å². The van der Waals surface area contributed by atoms with Crippen molar-refractivity contribution in [2.75, 3.05) is 5.32 Å². The highest BCUT2D eigenvalue weighted by Gasteiger charge is 2.05. The van der Waals surface area contributed by atoms with Crippen molar-refractivity contribution in [2.24, 2.45) is 5.73 Å². The van der Waals surface area contributed by atoms with E-state index in [0.29, 0.717) is 23.6 Å². The molecule has 0 fully saturated rings. The molecule has 3 N–H and O–H groups in total. The quantitative estimate of drug-likeness (QED) is 0.890. The minimum atomic E-state index is -0.496. The predicted molar refractivity (Wildman–Crippen MR) is 83.1 cm³/mol. The van der Waals surface area contributed by atoms with Gasteiger partial charge in [0.1, 0.15) is 0 Å². The van der Waals surface area contributed by atoms with Gasteiger partial charge < -0.3 is 11.1 Å². The zero-order chi connectivity index (χ0) is 15.2. The molecule has 2 rings (SSSR count). The smallest absolute Gasteiger partial charge is 0.248 e. The second-order valence-electron chi connectivity index (χ2n) is 4.56. The van der Waals surface area contributed by atoms with E-state index in [9.17, 15) is 4.79 Å². The number of rotatable bonds is 5. The molecule has 0 atom stereocenters. The average Bonchev–Trinajstić information content (AvgIpc) is 2.47. The highest BCUT2D eigenvalue weighted by molar-refractivity contribution is 6.31. The van der Waals surface area contributed by atoms with Crippen LogP contribution in [0.4, 0.5) is 5.69 Å². The molecule has 0 radical (unpaired) electrons. The van der Waals surface area contributed by atoms with Gasteiger partial charge in [0.15, 0.2) is 0 Å². The van der Waals surface area contributed by atoms with Gasteiger partial charge in [0, 0.05) is 22.8 Å². The summed E-state index contributed by atoms with van der Waals surface area (Å²) in [6.07, 6.45) is 0.403. The summed E-state index contributed by atoms with van der Waals surface area (Å²) in [4.78, 5) is 11.1. The Balaban J connectivity index is 2.03. The van der Waals surface area contributed by atoms with Crippen LogP contribution in [0.5, 0.6) is 0 Å². The van der Waals surface area contributed by atoms with Gasteiger partial charge in [0.25, 0.3) is 0 Å². The highest BCUT2D eigenvalue weighted by atomic mass is 35.5. The van der Waals surface area contributed by atoms with Gasteiger partial charge in [0.2, 0.25) is 5.91 Å². The number of carbonyl (C=O) groups is 1. The number of hydrogen-bond donors (Lipinski definition) is 2. The molecular weight excluding hydrogens is 286 g/mol. The Morgan fingerprint density at radius 2 is 1.95 bits per heavy atom. The predicted octanol–water partition coefficient (Wildman–Crippen LogP) is 3.12. The largest absolute Gasteiger partial charge is 0.381 e. The van der Waals surface area contributed by atoms with E-state index in [1.165, 1.54) is 0 Å². The van der Waals surface area contributed by atoms with Gasteiger partial charge in [-0.1, -0.05) is 29.8 Å². The summed E-state index contributed by atoms with van der Waals surface area (Å²) < 4.78 is 0. The van der Waals surface area contributed by atoms with Crippen molar-refractivity contribution in [3.63, 3.8) is 0 Å². The first-order chi connectivity index (χ1) is 10.1. The van der Waals surface area contributed by atoms with Crippen molar-refractivity contribution in [1.29, 1.82) is 5.26 Å². The number of halogens is 1. The van der Waals surface area contributed by atoms with E-state index in [-0.39, 0.29) is 0 Å². The third-order valence-corrected chi connectivity index (χ3v) is 3.41. The maximum atomic E-state index is 11.1. The molecule has 0 aliphatic carbocycles. The number of carbonyl (C=O) groups excluding carboxylic acids is 1. The summed E-state index contributed by atoms with van der Waals surface area (Å²) in [5.41, 5.74) is 8.39. The molecule has 2 aromatic rings. The Morgan fingerprint density at radius 1 is 1.24 bits per heavy atom. The number of hydrogen-bond acceptors (Lipinski definition) is 3. The first kappa shape index (κ1) is 14.9. The summed E-state index contributed by atoms with van der Waals surface area (Å²) in [5, 5.41) is 12.4.